The summed E-state index contributed by atoms with van der Waals surface area (Å²) in [5, 5.41) is 0. The van der Waals surface area contributed by atoms with E-state index in [-0.39, 0.29) is 12.7 Å². The first kappa shape index (κ1) is 17.7. The van der Waals surface area contributed by atoms with Crippen LogP contribution in [0.5, 0.6) is 0 Å². The Kier molecular flexibility index (Phi) is 5.34. The van der Waals surface area contributed by atoms with Crippen molar-refractivity contribution < 1.29 is 40.7 Å². The van der Waals surface area contributed by atoms with Gasteiger partial charge in [-0.05, 0) is 6.07 Å². The number of alkyl halides is 3. The molecule has 0 unspecified atom stereocenters. The Balaban J connectivity index is 3.21. The number of hydrogen-bond donors (Lipinski definition) is 0. The summed E-state index contributed by atoms with van der Waals surface area (Å²) in [5.41, 5.74) is -3.92. The van der Waals surface area contributed by atoms with Crippen LogP contribution in [0, 0.1) is 17.5 Å². The second-order valence-corrected chi connectivity index (χ2v) is 3.98. The van der Waals surface area contributed by atoms with E-state index in [0.29, 0.717) is 0 Å². The van der Waals surface area contributed by atoms with Crippen molar-refractivity contribution in [3.63, 3.8) is 0 Å². The van der Waals surface area contributed by atoms with Crippen LogP contribution in [-0.4, -0.2) is 18.4 Å². The molecule has 1 aromatic carbocycles. The first-order valence-corrected chi connectivity index (χ1v) is 5.64. The smallest absolute Gasteiger partial charge is 0.422 e. The van der Waals surface area contributed by atoms with Gasteiger partial charge in [-0.1, -0.05) is 12.7 Å². The van der Waals surface area contributed by atoms with Crippen LogP contribution in [0.3, 0.4) is 0 Å². The van der Waals surface area contributed by atoms with Gasteiger partial charge >= 0.3 is 12.1 Å². The maximum atomic E-state index is 13.6. The van der Waals surface area contributed by atoms with Crippen molar-refractivity contribution in [2.24, 2.45) is 0 Å². The molecule has 3 nitrogen and oxygen atoms in total. The van der Waals surface area contributed by atoms with Gasteiger partial charge in [-0.25, -0.2) is 13.2 Å². The van der Waals surface area contributed by atoms with Gasteiger partial charge in [-0.15, -0.1) is 0 Å². The van der Waals surface area contributed by atoms with Crippen LogP contribution in [0.25, 0.3) is 0 Å². The highest BCUT2D eigenvalue weighted by atomic mass is 19.4. The van der Waals surface area contributed by atoms with Crippen LogP contribution in [0.4, 0.5) is 26.3 Å². The lowest BCUT2D eigenvalue weighted by molar-refractivity contribution is -0.143. The maximum Gasteiger partial charge on any atom is 0.422 e. The molecule has 0 N–H and O–H groups in total. The zero-order valence-corrected chi connectivity index (χ0v) is 10.8. The van der Waals surface area contributed by atoms with Gasteiger partial charge < -0.3 is 4.74 Å². The highest BCUT2D eigenvalue weighted by molar-refractivity contribution is 6.06. The fourth-order valence-corrected chi connectivity index (χ4v) is 1.48. The van der Waals surface area contributed by atoms with Crippen LogP contribution in [-0.2, 0) is 15.7 Å². The molecule has 0 aromatic heterocycles. The van der Waals surface area contributed by atoms with Gasteiger partial charge in [-0.2, -0.15) is 13.2 Å². The molecule has 0 spiro atoms. The van der Waals surface area contributed by atoms with Crippen molar-refractivity contribution in [3.05, 3.63) is 47.3 Å². The quantitative estimate of drug-likeness (QED) is 0.208. The molecular formula is C13H8F6O3. The van der Waals surface area contributed by atoms with Crippen molar-refractivity contribution in [2.45, 2.75) is 12.6 Å². The summed E-state index contributed by atoms with van der Waals surface area (Å²) < 4.78 is 81.7. The number of rotatable bonds is 5. The topological polar surface area (TPSA) is 43.4 Å². The molecule has 0 radical (unpaired) electrons. The van der Waals surface area contributed by atoms with Crippen LogP contribution in [0.15, 0.2) is 18.7 Å². The number of halogens is 6. The number of carbonyl (C=O) groups excluding carboxylic acids is 2. The maximum absolute atomic E-state index is 13.6. The lowest BCUT2D eigenvalue weighted by atomic mass is 10.0. The van der Waals surface area contributed by atoms with Gasteiger partial charge in [0.15, 0.2) is 17.4 Å². The van der Waals surface area contributed by atoms with Gasteiger partial charge in [0.2, 0.25) is 0 Å². The van der Waals surface area contributed by atoms with E-state index in [2.05, 4.69) is 11.3 Å². The van der Waals surface area contributed by atoms with Crippen molar-refractivity contribution in [2.75, 3.05) is 6.61 Å². The van der Waals surface area contributed by atoms with Gasteiger partial charge in [0.25, 0.3) is 0 Å². The Hall–Kier alpha value is -2.32. The van der Waals surface area contributed by atoms with Crippen molar-refractivity contribution in [3.8, 4) is 0 Å². The standard InChI is InChI=1S/C13H8F6O3/c1-2-3-22-9(21)5-8(20)6-4-7(14)12(16)10(11(6)15)13(17,18)19/h2,4H,1,3,5H2. The van der Waals surface area contributed by atoms with Crippen LogP contribution in [0.2, 0.25) is 0 Å². The average molecular weight is 326 g/mol. The molecule has 9 heteroatoms. The minimum absolute atomic E-state index is 0.0387. The minimum Gasteiger partial charge on any atom is -0.461 e. The SMILES string of the molecule is C=CCOC(=O)CC(=O)c1cc(F)c(F)c(C(F)(F)F)c1F. The molecular weight excluding hydrogens is 318 g/mol. The molecule has 0 amide bonds. The zero-order chi connectivity index (χ0) is 17.1. The summed E-state index contributed by atoms with van der Waals surface area (Å²) in [6, 6.07) is -0.0387. The highest BCUT2D eigenvalue weighted by Gasteiger charge is 2.41. The molecule has 0 heterocycles. The first-order valence-electron chi connectivity index (χ1n) is 5.64. The predicted molar refractivity (Wildman–Crippen MR) is 61.4 cm³/mol. The van der Waals surface area contributed by atoms with E-state index >= 15 is 0 Å². The average Bonchev–Trinajstić information content (AvgIpc) is 2.39. The molecule has 0 bridgehead atoms. The third-order valence-electron chi connectivity index (χ3n) is 2.41. The van der Waals surface area contributed by atoms with Crippen LogP contribution in [0.1, 0.15) is 22.3 Å². The Morgan fingerprint density at radius 2 is 1.77 bits per heavy atom. The highest BCUT2D eigenvalue weighted by Crippen LogP contribution is 2.36. The number of ether oxygens (including phenoxy) is 1. The lowest BCUT2D eigenvalue weighted by Gasteiger charge is -2.12. The third-order valence-corrected chi connectivity index (χ3v) is 2.41. The first-order chi connectivity index (χ1) is 10.1. The summed E-state index contributed by atoms with van der Waals surface area (Å²) in [5.74, 6) is -9.46. The van der Waals surface area contributed by atoms with Gasteiger partial charge in [-0.3, -0.25) is 9.59 Å². The van der Waals surface area contributed by atoms with E-state index < -0.39 is 52.9 Å². The number of esters is 1. The number of hydrogen-bond acceptors (Lipinski definition) is 3. The van der Waals surface area contributed by atoms with E-state index in [1.54, 1.807) is 0 Å². The largest absolute Gasteiger partial charge is 0.461 e. The molecule has 0 fully saturated rings. The molecule has 0 atom stereocenters. The van der Waals surface area contributed by atoms with Crippen LogP contribution >= 0.6 is 0 Å². The Bertz CT molecular complexity index is 621. The van der Waals surface area contributed by atoms with Gasteiger partial charge in [0.1, 0.15) is 24.4 Å². The number of ketones is 1. The van der Waals surface area contributed by atoms with E-state index in [9.17, 15) is 35.9 Å². The van der Waals surface area contributed by atoms with E-state index in [1.165, 1.54) is 0 Å². The summed E-state index contributed by atoms with van der Waals surface area (Å²) in [6.07, 6.45) is -5.52. The monoisotopic (exact) mass is 326 g/mol. The molecule has 120 valence electrons. The number of benzene rings is 1. The van der Waals surface area contributed by atoms with Crippen molar-refractivity contribution >= 4 is 11.8 Å². The summed E-state index contributed by atoms with van der Waals surface area (Å²) >= 11 is 0. The second kappa shape index (κ2) is 6.63. The van der Waals surface area contributed by atoms with E-state index in [0.717, 1.165) is 6.08 Å². The normalized spacial score (nSPS) is 11.2. The van der Waals surface area contributed by atoms with Crippen molar-refractivity contribution in [1.29, 1.82) is 0 Å². The summed E-state index contributed by atoms with van der Waals surface area (Å²) in [6.45, 7) is 2.93. The predicted octanol–water partition coefficient (Wildman–Crippen LogP) is 3.42. The minimum atomic E-state index is -5.55. The van der Waals surface area contributed by atoms with E-state index in [4.69, 9.17) is 0 Å². The Morgan fingerprint density at radius 3 is 2.27 bits per heavy atom. The molecule has 22 heavy (non-hydrogen) atoms. The molecule has 0 saturated carbocycles. The van der Waals surface area contributed by atoms with E-state index in [1.807, 2.05) is 0 Å². The zero-order valence-electron chi connectivity index (χ0n) is 10.8. The molecule has 0 aliphatic rings. The Morgan fingerprint density at radius 1 is 1.18 bits per heavy atom. The van der Waals surface area contributed by atoms with Gasteiger partial charge in [0, 0.05) is 0 Å². The van der Waals surface area contributed by atoms with Crippen molar-refractivity contribution in [1.82, 2.24) is 0 Å². The second-order valence-electron chi connectivity index (χ2n) is 3.98. The summed E-state index contributed by atoms with van der Waals surface area (Å²) in [7, 11) is 0. The third kappa shape index (κ3) is 3.86. The number of carbonyl (C=O) groups is 2. The van der Waals surface area contributed by atoms with Gasteiger partial charge in [0.05, 0.1) is 5.56 Å². The fourth-order valence-electron chi connectivity index (χ4n) is 1.48. The number of Topliss-reactive ketones (excluding diaryl/α,β-unsaturated/α-hetero) is 1. The molecule has 0 saturated heterocycles. The Labute approximate surface area is 120 Å². The molecule has 0 aliphatic heterocycles. The molecule has 1 rings (SSSR count). The molecule has 1 aromatic rings. The molecule has 0 aliphatic carbocycles. The lowest BCUT2D eigenvalue weighted by Crippen LogP contribution is -2.19. The fraction of sp³-hybridized carbons (Fsp3) is 0.231. The summed E-state index contributed by atoms with van der Waals surface area (Å²) in [4.78, 5) is 22.7. The van der Waals surface area contributed by atoms with Crippen LogP contribution < -0.4 is 0 Å².